The van der Waals surface area contributed by atoms with E-state index in [1.165, 1.54) is 15.9 Å². The molecule has 4 aromatic rings. The number of nitrogens with zero attached hydrogens (tertiary/aromatic N) is 3. The topological polar surface area (TPSA) is 56.5 Å². The Morgan fingerprint density at radius 3 is 2.86 bits per heavy atom. The molecule has 0 fully saturated rings. The van der Waals surface area contributed by atoms with E-state index in [1.807, 2.05) is 42.5 Å². The van der Waals surface area contributed by atoms with E-state index in [0.29, 0.717) is 26.9 Å². The molecular formula is C21H18ClN3O2S. The van der Waals surface area contributed by atoms with Crippen molar-refractivity contribution in [2.24, 2.45) is 0 Å². The highest BCUT2D eigenvalue weighted by Gasteiger charge is 2.12. The zero-order valence-electron chi connectivity index (χ0n) is 15.3. The molecule has 2 aromatic heterocycles. The molecule has 5 nitrogen and oxygen atoms in total. The summed E-state index contributed by atoms with van der Waals surface area (Å²) in [6.45, 7) is 2.78. The molecule has 0 aliphatic carbocycles. The number of halogens is 1. The van der Waals surface area contributed by atoms with Crippen LogP contribution >= 0.6 is 22.9 Å². The molecule has 0 N–H and O–H groups in total. The molecule has 142 valence electrons. The van der Waals surface area contributed by atoms with Gasteiger partial charge in [0, 0.05) is 16.1 Å². The van der Waals surface area contributed by atoms with Gasteiger partial charge in [-0.1, -0.05) is 66.6 Å². The van der Waals surface area contributed by atoms with Crippen molar-refractivity contribution in [2.75, 3.05) is 6.61 Å². The maximum Gasteiger partial charge on any atom is 0.291 e. The normalized spacial score (nSPS) is 12.0. The van der Waals surface area contributed by atoms with E-state index in [-0.39, 0.29) is 5.56 Å². The predicted molar refractivity (Wildman–Crippen MR) is 113 cm³/mol. The third-order valence-corrected chi connectivity index (χ3v) is 5.42. The first kappa shape index (κ1) is 18.7. The van der Waals surface area contributed by atoms with Gasteiger partial charge in [-0.05, 0) is 30.7 Å². The van der Waals surface area contributed by atoms with Crippen molar-refractivity contribution >= 4 is 34.0 Å². The van der Waals surface area contributed by atoms with Crippen LogP contribution in [0.5, 0.6) is 5.75 Å². The Bertz CT molecular complexity index is 1230. The number of benzene rings is 2. The fraction of sp³-hybridized carbons (Fsp3) is 0.190. The van der Waals surface area contributed by atoms with Gasteiger partial charge in [-0.25, -0.2) is 0 Å². The van der Waals surface area contributed by atoms with Gasteiger partial charge in [0.15, 0.2) is 5.82 Å². The highest BCUT2D eigenvalue weighted by molar-refractivity contribution is 7.15. The summed E-state index contributed by atoms with van der Waals surface area (Å²) in [7, 11) is 0. The molecule has 0 aliphatic heterocycles. The zero-order chi connectivity index (χ0) is 19.5. The lowest BCUT2D eigenvalue weighted by Crippen LogP contribution is -2.23. The molecule has 0 atom stereocenters. The lowest BCUT2D eigenvalue weighted by Gasteiger charge is -2.07. The van der Waals surface area contributed by atoms with Gasteiger partial charge in [0.1, 0.15) is 5.75 Å². The molecule has 2 heterocycles. The van der Waals surface area contributed by atoms with Crippen molar-refractivity contribution in [3.8, 4) is 17.1 Å². The number of unbranched alkanes of at least 4 members (excludes halogenated alkanes) is 1. The Hall–Kier alpha value is -2.70. The fourth-order valence-corrected chi connectivity index (χ4v) is 3.87. The van der Waals surface area contributed by atoms with E-state index >= 15 is 0 Å². The quantitative estimate of drug-likeness (QED) is 0.446. The third kappa shape index (κ3) is 3.79. The lowest BCUT2D eigenvalue weighted by molar-refractivity contribution is 0.309. The van der Waals surface area contributed by atoms with Crippen LogP contribution in [0.15, 0.2) is 53.3 Å². The van der Waals surface area contributed by atoms with Crippen LogP contribution in [0.4, 0.5) is 0 Å². The van der Waals surface area contributed by atoms with Crippen LogP contribution in [0.3, 0.4) is 0 Å². The Morgan fingerprint density at radius 1 is 1.21 bits per heavy atom. The van der Waals surface area contributed by atoms with Crippen molar-refractivity contribution in [1.29, 1.82) is 0 Å². The number of para-hydroxylation sites is 1. The molecule has 0 aliphatic rings. The molecule has 0 radical (unpaired) electrons. The number of thiazole rings is 1. The van der Waals surface area contributed by atoms with Gasteiger partial charge in [0.25, 0.3) is 5.56 Å². The van der Waals surface area contributed by atoms with Gasteiger partial charge < -0.3 is 4.74 Å². The first-order valence-electron chi connectivity index (χ1n) is 9.05. The van der Waals surface area contributed by atoms with Crippen LogP contribution in [0.1, 0.15) is 25.3 Å². The van der Waals surface area contributed by atoms with Crippen LogP contribution in [0.2, 0.25) is 5.02 Å². The second kappa shape index (κ2) is 8.12. The number of aromatic nitrogens is 3. The first-order chi connectivity index (χ1) is 13.7. The number of fused-ring (bicyclic) bond motifs is 1. The standard InChI is InChI=1S/C21H18ClN3O2S/c1-2-3-11-27-17-10-5-4-7-14(17)13-18-20(26)25-21(28-18)23-19(24-25)15-8-6-9-16(22)12-15/h4-10,12-13H,2-3,11H2,1H3/b18-13+. The maximum atomic E-state index is 12.8. The van der Waals surface area contributed by atoms with Crippen molar-refractivity contribution in [1.82, 2.24) is 14.6 Å². The Morgan fingerprint density at radius 2 is 2.07 bits per heavy atom. The van der Waals surface area contributed by atoms with Crippen molar-refractivity contribution in [2.45, 2.75) is 19.8 Å². The van der Waals surface area contributed by atoms with Crippen LogP contribution < -0.4 is 14.8 Å². The minimum atomic E-state index is -0.191. The minimum absolute atomic E-state index is 0.191. The van der Waals surface area contributed by atoms with Crippen molar-refractivity contribution in [3.63, 3.8) is 0 Å². The number of rotatable bonds is 6. The SMILES string of the molecule is CCCCOc1ccccc1/C=c1/sc2nc(-c3cccc(Cl)c3)nn2c1=O. The number of ether oxygens (including phenoxy) is 1. The summed E-state index contributed by atoms with van der Waals surface area (Å²) >= 11 is 7.34. The van der Waals surface area contributed by atoms with Gasteiger partial charge in [-0.15, -0.1) is 5.10 Å². The Labute approximate surface area is 170 Å². The minimum Gasteiger partial charge on any atom is -0.493 e. The first-order valence-corrected chi connectivity index (χ1v) is 10.2. The average Bonchev–Trinajstić information content (AvgIpc) is 3.23. The smallest absolute Gasteiger partial charge is 0.291 e. The lowest BCUT2D eigenvalue weighted by atomic mass is 10.2. The van der Waals surface area contributed by atoms with Gasteiger partial charge in [-0.3, -0.25) is 4.79 Å². The Kier molecular flexibility index (Phi) is 5.41. The summed E-state index contributed by atoms with van der Waals surface area (Å²) < 4.78 is 7.76. The molecule has 0 saturated heterocycles. The summed E-state index contributed by atoms with van der Waals surface area (Å²) in [5, 5.41) is 4.97. The second-order valence-electron chi connectivity index (χ2n) is 6.30. The van der Waals surface area contributed by atoms with E-state index in [1.54, 1.807) is 12.1 Å². The molecule has 0 saturated carbocycles. The van der Waals surface area contributed by atoms with E-state index in [9.17, 15) is 4.79 Å². The van der Waals surface area contributed by atoms with E-state index in [2.05, 4.69) is 17.0 Å². The molecular weight excluding hydrogens is 394 g/mol. The summed E-state index contributed by atoms with van der Waals surface area (Å²) in [6, 6.07) is 15.0. The van der Waals surface area contributed by atoms with Crippen molar-refractivity contribution in [3.05, 3.63) is 74.0 Å². The van der Waals surface area contributed by atoms with Crippen LogP contribution in [-0.4, -0.2) is 21.2 Å². The molecule has 0 bridgehead atoms. The van der Waals surface area contributed by atoms with E-state index in [0.717, 1.165) is 29.7 Å². The summed E-state index contributed by atoms with van der Waals surface area (Å²) in [4.78, 5) is 17.8. The largest absolute Gasteiger partial charge is 0.493 e. The second-order valence-corrected chi connectivity index (χ2v) is 7.74. The van der Waals surface area contributed by atoms with E-state index in [4.69, 9.17) is 16.3 Å². The van der Waals surface area contributed by atoms with Crippen LogP contribution in [-0.2, 0) is 0 Å². The van der Waals surface area contributed by atoms with Gasteiger partial charge in [-0.2, -0.15) is 9.50 Å². The molecule has 4 rings (SSSR count). The van der Waals surface area contributed by atoms with Gasteiger partial charge in [0.05, 0.1) is 11.1 Å². The van der Waals surface area contributed by atoms with Gasteiger partial charge >= 0.3 is 0 Å². The van der Waals surface area contributed by atoms with Gasteiger partial charge in [0.2, 0.25) is 4.96 Å². The summed E-state index contributed by atoms with van der Waals surface area (Å²) in [6.07, 6.45) is 3.90. The Balaban J connectivity index is 1.72. The van der Waals surface area contributed by atoms with Crippen LogP contribution in [0, 0.1) is 0 Å². The zero-order valence-corrected chi connectivity index (χ0v) is 16.8. The highest BCUT2D eigenvalue weighted by atomic mass is 35.5. The average molecular weight is 412 g/mol. The molecule has 0 spiro atoms. The fourth-order valence-electron chi connectivity index (χ4n) is 2.78. The molecule has 0 amide bonds. The maximum absolute atomic E-state index is 12.8. The molecule has 0 unspecified atom stereocenters. The monoisotopic (exact) mass is 411 g/mol. The summed E-state index contributed by atoms with van der Waals surface area (Å²) in [5.41, 5.74) is 1.46. The number of hydrogen-bond donors (Lipinski definition) is 0. The molecule has 28 heavy (non-hydrogen) atoms. The van der Waals surface area contributed by atoms with Crippen molar-refractivity contribution < 1.29 is 4.74 Å². The predicted octanol–water partition coefficient (Wildman–Crippen LogP) is 4.20. The molecule has 7 heteroatoms. The van der Waals surface area contributed by atoms with E-state index < -0.39 is 0 Å². The third-order valence-electron chi connectivity index (χ3n) is 4.23. The highest BCUT2D eigenvalue weighted by Crippen LogP contribution is 2.21. The number of hydrogen-bond acceptors (Lipinski definition) is 5. The molecule has 2 aromatic carbocycles. The summed E-state index contributed by atoms with van der Waals surface area (Å²) in [5.74, 6) is 1.26. The van der Waals surface area contributed by atoms with Crippen LogP contribution in [0.25, 0.3) is 22.4 Å².